The third-order valence-corrected chi connectivity index (χ3v) is 8.10. The molecule has 4 rings (SSSR count). The number of hydrogen-bond donors (Lipinski definition) is 2. The number of amides is 1. The van der Waals surface area contributed by atoms with Crippen molar-refractivity contribution in [3.8, 4) is 0 Å². The number of carbonyl (C=O) groups is 1. The first-order valence-electron chi connectivity index (χ1n) is 11.6. The number of anilines is 1. The van der Waals surface area contributed by atoms with Crippen molar-refractivity contribution in [2.75, 3.05) is 5.01 Å². The monoisotopic (exact) mass is 468 g/mol. The molecule has 2 N–H and O–H groups in total. The fraction of sp³-hybridized carbons (Fsp3) is 0.440. The van der Waals surface area contributed by atoms with Crippen LogP contribution in [0.4, 0.5) is 5.69 Å². The van der Waals surface area contributed by atoms with Crippen LogP contribution in [0.2, 0.25) is 0 Å². The average Bonchev–Trinajstić information content (AvgIpc) is 3.25. The Balaban J connectivity index is 1.29. The molecule has 2 aliphatic rings. The summed E-state index contributed by atoms with van der Waals surface area (Å²) in [6.07, 6.45) is 5.39. The second-order valence-corrected chi connectivity index (χ2v) is 10.7. The normalized spacial score (nSPS) is 23.9. The van der Waals surface area contributed by atoms with E-state index in [2.05, 4.69) is 22.1 Å². The summed E-state index contributed by atoms with van der Waals surface area (Å²) in [6.45, 7) is 4.06. The van der Waals surface area contributed by atoms with Gasteiger partial charge in [0, 0.05) is 24.6 Å². The SMILES string of the molecule is CC(NC(=O)C1CCC(NS(=O)(=O)c2ccc(N3N=CCC3C)cc2)CC1)c1ccccc1. The number of rotatable bonds is 7. The minimum Gasteiger partial charge on any atom is -0.349 e. The van der Waals surface area contributed by atoms with Crippen molar-refractivity contribution in [3.63, 3.8) is 0 Å². The number of nitrogens with one attached hydrogen (secondary N) is 2. The predicted molar refractivity (Wildman–Crippen MR) is 131 cm³/mol. The lowest BCUT2D eigenvalue weighted by atomic mass is 9.85. The van der Waals surface area contributed by atoms with Crippen LogP contribution in [-0.4, -0.2) is 32.6 Å². The minimum absolute atomic E-state index is 0.0436. The zero-order valence-corrected chi connectivity index (χ0v) is 20.0. The molecular formula is C25H32N4O3S. The van der Waals surface area contributed by atoms with Gasteiger partial charge in [-0.3, -0.25) is 9.80 Å². The van der Waals surface area contributed by atoms with Crippen molar-refractivity contribution in [1.29, 1.82) is 0 Å². The van der Waals surface area contributed by atoms with Crippen LogP contribution in [0.5, 0.6) is 0 Å². The van der Waals surface area contributed by atoms with Crippen LogP contribution >= 0.6 is 0 Å². The maximum absolute atomic E-state index is 12.9. The highest BCUT2D eigenvalue weighted by Gasteiger charge is 2.30. The first-order chi connectivity index (χ1) is 15.8. The standard InChI is InChI=1S/C25H32N4O3S/c1-18-16-17-26-29(18)23-12-14-24(15-13-23)33(31,32)28-22-10-8-21(9-11-22)25(30)27-19(2)20-6-4-3-5-7-20/h3-7,12-15,17-19,21-22,28H,8-11,16H2,1-2H3,(H,27,30). The summed E-state index contributed by atoms with van der Waals surface area (Å²) in [6, 6.07) is 16.8. The number of hydrazone groups is 1. The highest BCUT2D eigenvalue weighted by Crippen LogP contribution is 2.28. The molecule has 1 aliphatic heterocycles. The molecule has 2 aromatic carbocycles. The molecule has 0 aromatic heterocycles. The van der Waals surface area contributed by atoms with E-state index in [9.17, 15) is 13.2 Å². The summed E-state index contributed by atoms with van der Waals surface area (Å²) in [5.41, 5.74) is 1.95. The minimum atomic E-state index is -3.61. The molecule has 8 heteroatoms. The number of sulfonamides is 1. The van der Waals surface area contributed by atoms with E-state index < -0.39 is 10.0 Å². The summed E-state index contributed by atoms with van der Waals surface area (Å²) in [5.74, 6) is -0.0405. The first kappa shape index (κ1) is 23.4. The molecule has 1 saturated carbocycles. The lowest BCUT2D eigenvalue weighted by molar-refractivity contribution is -0.126. The first-order valence-corrected chi connectivity index (χ1v) is 13.1. The summed E-state index contributed by atoms with van der Waals surface area (Å²) in [4.78, 5) is 12.9. The molecule has 2 aromatic rings. The molecule has 0 bridgehead atoms. The van der Waals surface area contributed by atoms with E-state index in [1.165, 1.54) is 0 Å². The molecule has 0 spiro atoms. The Morgan fingerprint density at radius 2 is 1.70 bits per heavy atom. The largest absolute Gasteiger partial charge is 0.349 e. The Labute approximate surface area is 196 Å². The van der Waals surface area contributed by atoms with Gasteiger partial charge in [-0.25, -0.2) is 13.1 Å². The van der Waals surface area contributed by atoms with E-state index >= 15 is 0 Å². The number of carbonyl (C=O) groups excluding carboxylic acids is 1. The number of hydrogen-bond acceptors (Lipinski definition) is 5. The summed E-state index contributed by atoms with van der Waals surface area (Å²) in [5, 5.41) is 9.33. The fourth-order valence-corrected chi connectivity index (χ4v) is 5.82. The zero-order chi connectivity index (χ0) is 23.4. The molecule has 33 heavy (non-hydrogen) atoms. The van der Waals surface area contributed by atoms with Gasteiger partial charge in [-0.1, -0.05) is 30.3 Å². The van der Waals surface area contributed by atoms with Gasteiger partial charge in [-0.15, -0.1) is 0 Å². The van der Waals surface area contributed by atoms with Gasteiger partial charge in [0.15, 0.2) is 0 Å². The molecule has 0 saturated heterocycles. The van der Waals surface area contributed by atoms with Gasteiger partial charge in [0.1, 0.15) is 0 Å². The van der Waals surface area contributed by atoms with E-state index in [0.717, 1.165) is 17.7 Å². The molecule has 2 unspecified atom stereocenters. The number of nitrogens with zero attached hydrogens (tertiary/aromatic N) is 2. The van der Waals surface area contributed by atoms with Crippen LogP contribution in [0.3, 0.4) is 0 Å². The van der Waals surface area contributed by atoms with Crippen LogP contribution in [0, 0.1) is 5.92 Å². The van der Waals surface area contributed by atoms with Crippen molar-refractivity contribution >= 4 is 27.8 Å². The topological polar surface area (TPSA) is 90.9 Å². The highest BCUT2D eigenvalue weighted by atomic mass is 32.2. The third-order valence-electron chi connectivity index (χ3n) is 6.56. The molecule has 7 nitrogen and oxygen atoms in total. The van der Waals surface area contributed by atoms with Gasteiger partial charge in [-0.05, 0) is 69.4 Å². The van der Waals surface area contributed by atoms with Gasteiger partial charge >= 0.3 is 0 Å². The highest BCUT2D eigenvalue weighted by molar-refractivity contribution is 7.89. The van der Waals surface area contributed by atoms with Crippen molar-refractivity contribution in [1.82, 2.24) is 10.0 Å². The summed E-state index contributed by atoms with van der Waals surface area (Å²) >= 11 is 0. The van der Waals surface area contributed by atoms with Gasteiger partial charge in [-0.2, -0.15) is 5.10 Å². The van der Waals surface area contributed by atoms with Crippen molar-refractivity contribution in [2.24, 2.45) is 11.0 Å². The summed E-state index contributed by atoms with van der Waals surface area (Å²) in [7, 11) is -3.61. The van der Waals surface area contributed by atoms with Crippen LogP contribution in [0.1, 0.15) is 57.6 Å². The molecule has 1 fully saturated rings. The quantitative estimate of drug-likeness (QED) is 0.643. The van der Waals surface area contributed by atoms with E-state index in [0.29, 0.717) is 25.7 Å². The van der Waals surface area contributed by atoms with Gasteiger partial charge < -0.3 is 5.32 Å². The average molecular weight is 469 g/mol. The second-order valence-electron chi connectivity index (χ2n) is 9.03. The smallest absolute Gasteiger partial charge is 0.240 e. The molecule has 2 atom stereocenters. The van der Waals surface area contributed by atoms with E-state index in [1.807, 2.05) is 48.5 Å². The zero-order valence-electron chi connectivity index (χ0n) is 19.1. The Morgan fingerprint density at radius 3 is 2.30 bits per heavy atom. The fourth-order valence-electron chi connectivity index (χ4n) is 4.52. The van der Waals surface area contributed by atoms with Crippen molar-refractivity contribution < 1.29 is 13.2 Å². The molecule has 1 heterocycles. The van der Waals surface area contributed by atoms with Crippen molar-refractivity contribution in [3.05, 3.63) is 60.2 Å². The molecule has 176 valence electrons. The maximum atomic E-state index is 12.9. The van der Waals surface area contributed by atoms with Gasteiger partial charge in [0.05, 0.1) is 22.7 Å². The molecule has 1 aliphatic carbocycles. The molecule has 1 amide bonds. The molecule has 0 radical (unpaired) electrons. The van der Waals surface area contributed by atoms with Crippen LogP contribution in [0.25, 0.3) is 0 Å². The molecular weight excluding hydrogens is 436 g/mol. The maximum Gasteiger partial charge on any atom is 0.240 e. The van der Waals surface area contributed by atoms with Crippen LogP contribution < -0.4 is 15.0 Å². The van der Waals surface area contributed by atoms with E-state index in [4.69, 9.17) is 0 Å². The summed E-state index contributed by atoms with van der Waals surface area (Å²) < 4.78 is 28.6. The van der Waals surface area contributed by atoms with E-state index in [-0.39, 0.29) is 34.8 Å². The van der Waals surface area contributed by atoms with Crippen molar-refractivity contribution in [2.45, 2.75) is 69.0 Å². The Bertz CT molecular complexity index is 1080. The third kappa shape index (κ3) is 5.62. The lowest BCUT2D eigenvalue weighted by Gasteiger charge is -2.29. The lowest BCUT2D eigenvalue weighted by Crippen LogP contribution is -2.41. The Kier molecular flexibility index (Phi) is 7.14. The van der Waals surface area contributed by atoms with Gasteiger partial charge in [0.25, 0.3) is 0 Å². The van der Waals surface area contributed by atoms with Crippen LogP contribution in [0.15, 0.2) is 64.6 Å². The van der Waals surface area contributed by atoms with Gasteiger partial charge in [0.2, 0.25) is 15.9 Å². The van der Waals surface area contributed by atoms with Crippen LogP contribution in [-0.2, 0) is 14.8 Å². The predicted octanol–water partition coefficient (Wildman–Crippen LogP) is 3.99. The van der Waals surface area contributed by atoms with E-state index in [1.54, 1.807) is 24.3 Å². The second kappa shape index (κ2) is 10.1. The Morgan fingerprint density at radius 1 is 1.03 bits per heavy atom. The number of benzene rings is 2. The Hall–Kier alpha value is -2.71.